The number of thiophene rings is 1. The summed E-state index contributed by atoms with van der Waals surface area (Å²) in [5.74, 6) is -2.33. The molecule has 0 aliphatic carbocycles. The van der Waals surface area contributed by atoms with Crippen LogP contribution in [0.5, 0.6) is 5.75 Å². The second-order valence-corrected chi connectivity index (χ2v) is 9.53. The number of esters is 1. The molecule has 0 amide bonds. The van der Waals surface area contributed by atoms with Crippen LogP contribution in [-0.2, 0) is 14.8 Å². The van der Waals surface area contributed by atoms with Gasteiger partial charge in [-0.15, -0.1) is 11.3 Å². The molecule has 1 heterocycles. The molecule has 1 aromatic heterocycles. The average Bonchev–Trinajstić information content (AvgIpc) is 3.10. The zero-order valence-corrected chi connectivity index (χ0v) is 17.6. The van der Waals surface area contributed by atoms with Gasteiger partial charge in [-0.2, -0.15) is 0 Å². The third-order valence-corrected chi connectivity index (χ3v) is 7.22. The predicted molar refractivity (Wildman–Crippen MR) is 112 cm³/mol. The summed E-state index contributed by atoms with van der Waals surface area (Å²) < 4.78 is 32.3. The Kier molecular flexibility index (Phi) is 6.01. The minimum atomic E-state index is -4.06. The van der Waals surface area contributed by atoms with Crippen molar-refractivity contribution in [2.24, 2.45) is 0 Å². The molecule has 0 radical (unpaired) electrons. The average molecular weight is 468 g/mol. The molecule has 11 heteroatoms. The Morgan fingerprint density at radius 3 is 2.50 bits per heavy atom. The molecule has 0 saturated carbocycles. The lowest BCUT2D eigenvalue weighted by Gasteiger charge is -2.08. The van der Waals surface area contributed by atoms with Crippen LogP contribution in [0, 0.1) is 0 Å². The number of aromatic hydroxyl groups is 1. The molecule has 0 unspecified atom stereocenters. The lowest BCUT2D eigenvalue weighted by molar-refractivity contribution is 0.0596. The largest absolute Gasteiger partial charge is 0.507 e. The van der Waals surface area contributed by atoms with Crippen molar-refractivity contribution in [3.05, 3.63) is 64.0 Å². The van der Waals surface area contributed by atoms with E-state index in [2.05, 4.69) is 9.46 Å². The maximum absolute atomic E-state index is 12.7. The van der Waals surface area contributed by atoms with E-state index in [4.69, 9.17) is 16.7 Å². The van der Waals surface area contributed by atoms with Gasteiger partial charge in [0, 0.05) is 11.6 Å². The van der Waals surface area contributed by atoms with Crippen LogP contribution in [0.4, 0.5) is 5.69 Å². The Labute approximate surface area is 180 Å². The Hall–Kier alpha value is -3.08. The second kappa shape index (κ2) is 8.34. The normalized spacial score (nSPS) is 11.1. The van der Waals surface area contributed by atoms with Gasteiger partial charge in [0.15, 0.2) is 0 Å². The fourth-order valence-corrected chi connectivity index (χ4v) is 5.39. The first-order valence-corrected chi connectivity index (χ1v) is 10.9. The number of phenolic OH excluding ortho intramolecular Hbond substituents is 1. The van der Waals surface area contributed by atoms with Crippen LogP contribution in [0.2, 0.25) is 4.34 Å². The number of carbonyl (C=O) groups excluding carboxylic acids is 1. The quantitative estimate of drug-likeness (QED) is 0.466. The minimum Gasteiger partial charge on any atom is -0.507 e. The maximum atomic E-state index is 12.7. The van der Waals surface area contributed by atoms with Crippen molar-refractivity contribution in [3.8, 4) is 16.9 Å². The van der Waals surface area contributed by atoms with Crippen LogP contribution in [0.1, 0.15) is 20.7 Å². The van der Waals surface area contributed by atoms with Gasteiger partial charge in [-0.3, -0.25) is 4.72 Å². The fraction of sp³-hybridized carbons (Fsp3) is 0.0526. The third kappa shape index (κ3) is 4.40. The van der Waals surface area contributed by atoms with E-state index in [1.54, 1.807) is 6.07 Å². The number of benzene rings is 2. The summed E-state index contributed by atoms with van der Waals surface area (Å²) in [6, 6.07) is 10.9. The molecule has 0 atom stereocenters. The van der Waals surface area contributed by atoms with E-state index >= 15 is 0 Å². The van der Waals surface area contributed by atoms with Crippen LogP contribution in [0.15, 0.2) is 52.7 Å². The summed E-state index contributed by atoms with van der Waals surface area (Å²) in [5.41, 5.74) is 0.782. The monoisotopic (exact) mass is 467 g/mol. The first-order chi connectivity index (χ1) is 14.1. The molecule has 3 N–H and O–H groups in total. The highest BCUT2D eigenvalue weighted by Gasteiger charge is 2.22. The molecule has 3 aromatic rings. The molecule has 3 rings (SSSR count). The Morgan fingerprint density at radius 2 is 1.87 bits per heavy atom. The van der Waals surface area contributed by atoms with Gasteiger partial charge in [-0.1, -0.05) is 23.7 Å². The highest BCUT2D eigenvalue weighted by atomic mass is 35.5. The van der Waals surface area contributed by atoms with Crippen molar-refractivity contribution in [3.63, 3.8) is 0 Å². The summed E-state index contributed by atoms with van der Waals surface area (Å²) in [4.78, 5) is 22.7. The fourth-order valence-electron chi connectivity index (χ4n) is 2.58. The molecule has 0 aliphatic rings. The van der Waals surface area contributed by atoms with E-state index in [1.807, 2.05) is 0 Å². The van der Waals surface area contributed by atoms with Crippen molar-refractivity contribution in [1.82, 2.24) is 0 Å². The number of hydrogen-bond donors (Lipinski definition) is 3. The van der Waals surface area contributed by atoms with Gasteiger partial charge in [0.2, 0.25) is 0 Å². The number of phenols is 1. The maximum Gasteiger partial charge on any atom is 0.341 e. The van der Waals surface area contributed by atoms with Crippen molar-refractivity contribution >= 4 is 50.6 Å². The summed E-state index contributed by atoms with van der Waals surface area (Å²) in [5, 5.41) is 19.1. The van der Waals surface area contributed by atoms with E-state index < -0.39 is 27.7 Å². The van der Waals surface area contributed by atoms with Crippen LogP contribution in [0.3, 0.4) is 0 Å². The number of methoxy groups -OCH3 is 1. The van der Waals surface area contributed by atoms with Gasteiger partial charge in [0.05, 0.1) is 18.4 Å². The lowest BCUT2D eigenvalue weighted by atomic mass is 10.1. The molecular formula is C19H14ClNO7S2. The van der Waals surface area contributed by atoms with Crippen molar-refractivity contribution < 1.29 is 33.0 Å². The van der Waals surface area contributed by atoms with Gasteiger partial charge < -0.3 is 14.9 Å². The van der Waals surface area contributed by atoms with Gasteiger partial charge in [0.25, 0.3) is 10.0 Å². The molecule has 0 aliphatic heterocycles. The zero-order chi connectivity index (χ0) is 22.1. The molecule has 0 spiro atoms. The van der Waals surface area contributed by atoms with Crippen LogP contribution in [0.25, 0.3) is 11.1 Å². The Balaban J connectivity index is 1.92. The Bertz CT molecular complexity index is 1250. The molecule has 30 heavy (non-hydrogen) atoms. The number of sulfonamides is 1. The second-order valence-electron chi connectivity index (χ2n) is 5.97. The highest BCUT2D eigenvalue weighted by molar-refractivity contribution is 7.94. The molecule has 2 aromatic carbocycles. The smallest absolute Gasteiger partial charge is 0.341 e. The Morgan fingerprint density at radius 1 is 1.13 bits per heavy atom. The molecule has 0 bridgehead atoms. The highest BCUT2D eigenvalue weighted by Crippen LogP contribution is 2.38. The first-order valence-electron chi connectivity index (χ1n) is 8.19. The van der Waals surface area contributed by atoms with Gasteiger partial charge in [-0.05, 0) is 35.9 Å². The van der Waals surface area contributed by atoms with E-state index in [0.29, 0.717) is 11.1 Å². The number of rotatable bonds is 6. The predicted octanol–water partition coefficient (Wildman–Crippen LogP) is 4.06. The van der Waals surface area contributed by atoms with Crippen LogP contribution in [-0.4, -0.2) is 37.7 Å². The molecule has 156 valence electrons. The molecule has 0 saturated heterocycles. The number of halogens is 1. The summed E-state index contributed by atoms with van der Waals surface area (Å²) in [6.07, 6.45) is 0. The van der Waals surface area contributed by atoms with Gasteiger partial charge in [0.1, 0.15) is 19.9 Å². The number of ether oxygens (including phenoxy) is 1. The number of hydrogen-bond acceptors (Lipinski definition) is 7. The molecule has 8 nitrogen and oxygen atoms in total. The van der Waals surface area contributed by atoms with Gasteiger partial charge in [-0.25, -0.2) is 18.0 Å². The number of carboxylic acids is 1. The van der Waals surface area contributed by atoms with Crippen molar-refractivity contribution in [1.29, 1.82) is 0 Å². The summed E-state index contributed by atoms with van der Waals surface area (Å²) in [6.45, 7) is 0. The standard InChI is InChI=1S/C19H14ClNO7S2/c1-28-19(25)13-6-5-12(8-15(13)22)21-30(26,27)16-9-14(17(20)29-16)10-3-2-4-11(7-10)18(23)24/h2-9,21-22H,1H3,(H,23,24). The van der Waals surface area contributed by atoms with Crippen molar-refractivity contribution in [2.75, 3.05) is 11.8 Å². The van der Waals surface area contributed by atoms with Crippen LogP contribution >= 0.6 is 22.9 Å². The third-order valence-electron chi connectivity index (χ3n) is 4.00. The topological polar surface area (TPSA) is 130 Å². The van der Waals surface area contributed by atoms with Crippen molar-refractivity contribution in [2.45, 2.75) is 4.21 Å². The zero-order valence-electron chi connectivity index (χ0n) is 15.2. The van der Waals surface area contributed by atoms with Crippen LogP contribution < -0.4 is 4.72 Å². The summed E-state index contributed by atoms with van der Waals surface area (Å²) in [7, 11) is -2.91. The van der Waals surface area contributed by atoms with E-state index in [0.717, 1.165) is 24.5 Å². The first kappa shape index (κ1) is 21.6. The van der Waals surface area contributed by atoms with E-state index in [-0.39, 0.29) is 25.4 Å². The van der Waals surface area contributed by atoms with E-state index in [9.17, 15) is 23.1 Å². The number of aromatic carboxylic acids is 1. The van der Waals surface area contributed by atoms with Gasteiger partial charge >= 0.3 is 11.9 Å². The minimum absolute atomic E-state index is 0.0269. The molecular weight excluding hydrogens is 454 g/mol. The SMILES string of the molecule is COC(=O)c1ccc(NS(=O)(=O)c2cc(-c3cccc(C(=O)O)c3)c(Cl)s2)cc1O. The number of anilines is 1. The number of carbonyl (C=O) groups is 2. The van der Waals surface area contributed by atoms with E-state index in [1.165, 1.54) is 36.4 Å². The number of nitrogens with one attached hydrogen (secondary N) is 1. The molecule has 0 fully saturated rings. The number of carboxylic acid groups (broad SMARTS) is 1. The lowest BCUT2D eigenvalue weighted by Crippen LogP contribution is -2.11. The summed E-state index contributed by atoms with van der Waals surface area (Å²) >= 11 is 7.00.